The van der Waals surface area contributed by atoms with Gasteiger partial charge in [0.15, 0.2) is 6.61 Å². The molecule has 0 saturated carbocycles. The Labute approximate surface area is 159 Å². The van der Waals surface area contributed by atoms with Gasteiger partial charge in [-0.2, -0.15) is 0 Å². The molecular formula is C20H25ClN2O3. The van der Waals surface area contributed by atoms with Gasteiger partial charge in [-0.1, -0.05) is 29.8 Å². The van der Waals surface area contributed by atoms with Crippen LogP contribution in [0.2, 0.25) is 5.02 Å². The number of rotatable bonds is 8. The van der Waals surface area contributed by atoms with Gasteiger partial charge in [0.1, 0.15) is 11.5 Å². The van der Waals surface area contributed by atoms with E-state index in [2.05, 4.69) is 5.32 Å². The minimum absolute atomic E-state index is 0.00660. The van der Waals surface area contributed by atoms with Crippen LogP contribution >= 0.6 is 11.6 Å². The third-order valence-electron chi connectivity index (χ3n) is 4.11. The number of methoxy groups -OCH3 is 1. The van der Waals surface area contributed by atoms with E-state index < -0.39 is 0 Å². The summed E-state index contributed by atoms with van der Waals surface area (Å²) in [5.74, 6) is 1.24. The van der Waals surface area contributed by atoms with Gasteiger partial charge in [0.2, 0.25) is 0 Å². The summed E-state index contributed by atoms with van der Waals surface area (Å²) in [5.41, 5.74) is 1.93. The highest BCUT2D eigenvalue weighted by atomic mass is 35.5. The molecule has 1 atom stereocenters. The number of aryl methyl sites for hydroxylation is 1. The third-order valence-corrected chi connectivity index (χ3v) is 4.54. The van der Waals surface area contributed by atoms with Crippen molar-refractivity contribution in [2.45, 2.75) is 13.0 Å². The van der Waals surface area contributed by atoms with E-state index in [1.807, 2.05) is 56.3 Å². The zero-order valence-electron chi connectivity index (χ0n) is 15.6. The fraction of sp³-hybridized carbons (Fsp3) is 0.350. The zero-order chi connectivity index (χ0) is 19.1. The van der Waals surface area contributed by atoms with Crippen molar-refractivity contribution in [3.8, 4) is 11.5 Å². The van der Waals surface area contributed by atoms with Gasteiger partial charge in [-0.3, -0.25) is 4.79 Å². The number of hydrogen-bond acceptors (Lipinski definition) is 4. The maximum atomic E-state index is 12.2. The maximum Gasteiger partial charge on any atom is 0.258 e. The van der Waals surface area contributed by atoms with Crippen LogP contribution in [0.15, 0.2) is 42.5 Å². The van der Waals surface area contributed by atoms with Gasteiger partial charge in [0.05, 0.1) is 13.2 Å². The quantitative estimate of drug-likeness (QED) is 0.766. The lowest BCUT2D eigenvalue weighted by molar-refractivity contribution is -0.123. The van der Waals surface area contributed by atoms with Crippen LogP contribution in [0.3, 0.4) is 0 Å². The number of amides is 1. The predicted octanol–water partition coefficient (Wildman–Crippen LogP) is 3.45. The minimum Gasteiger partial charge on any atom is -0.496 e. The first kappa shape index (κ1) is 20.1. The van der Waals surface area contributed by atoms with Gasteiger partial charge in [0, 0.05) is 17.1 Å². The number of nitrogens with zero attached hydrogens (tertiary/aromatic N) is 1. The monoisotopic (exact) mass is 376 g/mol. The summed E-state index contributed by atoms with van der Waals surface area (Å²) in [6, 6.07) is 13.1. The smallest absolute Gasteiger partial charge is 0.258 e. The van der Waals surface area contributed by atoms with Gasteiger partial charge in [-0.25, -0.2) is 0 Å². The lowest BCUT2D eigenvalue weighted by atomic mass is 10.0. The second-order valence-electron chi connectivity index (χ2n) is 6.23. The molecule has 0 bridgehead atoms. The fourth-order valence-corrected chi connectivity index (χ4v) is 2.75. The molecule has 0 fully saturated rings. The molecule has 1 unspecified atom stereocenters. The summed E-state index contributed by atoms with van der Waals surface area (Å²) < 4.78 is 11.0. The summed E-state index contributed by atoms with van der Waals surface area (Å²) in [6.45, 7) is 2.30. The molecule has 1 N–H and O–H groups in total. The SMILES string of the molecule is COc1ccccc1C(CNC(=O)COc1ccc(Cl)c(C)c1)N(C)C. The van der Waals surface area contributed by atoms with E-state index in [4.69, 9.17) is 21.1 Å². The number of likely N-dealkylation sites (N-methyl/N-ethyl adjacent to an activating group) is 1. The Balaban J connectivity index is 1.94. The van der Waals surface area contributed by atoms with Crippen molar-refractivity contribution < 1.29 is 14.3 Å². The van der Waals surface area contributed by atoms with E-state index in [9.17, 15) is 4.79 Å². The Morgan fingerprint density at radius 1 is 1.23 bits per heavy atom. The van der Waals surface area contributed by atoms with Crippen molar-refractivity contribution in [3.63, 3.8) is 0 Å². The van der Waals surface area contributed by atoms with E-state index in [0.717, 1.165) is 16.9 Å². The molecule has 0 heterocycles. The Morgan fingerprint density at radius 3 is 2.62 bits per heavy atom. The number of carbonyl (C=O) groups excluding carboxylic acids is 1. The van der Waals surface area contributed by atoms with Crippen LogP contribution in [0, 0.1) is 6.92 Å². The largest absolute Gasteiger partial charge is 0.496 e. The van der Waals surface area contributed by atoms with Crippen molar-refractivity contribution in [1.82, 2.24) is 10.2 Å². The Bertz CT molecular complexity index is 750. The second-order valence-corrected chi connectivity index (χ2v) is 6.63. The standard InChI is InChI=1S/C20H25ClN2O3/c1-14-11-15(9-10-17(14)21)26-13-20(24)22-12-18(23(2)3)16-7-5-6-8-19(16)25-4/h5-11,18H,12-13H2,1-4H3,(H,22,24). The van der Waals surface area contributed by atoms with Crippen molar-refractivity contribution in [3.05, 3.63) is 58.6 Å². The van der Waals surface area contributed by atoms with Crippen LogP contribution in [0.5, 0.6) is 11.5 Å². The topological polar surface area (TPSA) is 50.8 Å². The second kappa shape index (κ2) is 9.46. The molecule has 0 saturated heterocycles. The van der Waals surface area contributed by atoms with Gasteiger partial charge in [-0.15, -0.1) is 0 Å². The average Bonchev–Trinajstić information content (AvgIpc) is 2.63. The molecule has 2 rings (SSSR count). The molecule has 1 amide bonds. The Kier molecular flexibility index (Phi) is 7.30. The van der Waals surface area contributed by atoms with Crippen LogP contribution in [0.4, 0.5) is 0 Å². The maximum absolute atomic E-state index is 12.2. The summed E-state index contributed by atoms with van der Waals surface area (Å²) >= 11 is 5.99. The molecule has 26 heavy (non-hydrogen) atoms. The molecule has 0 radical (unpaired) electrons. The normalized spacial score (nSPS) is 11.9. The Hall–Kier alpha value is -2.24. The number of benzene rings is 2. The lowest BCUT2D eigenvalue weighted by Crippen LogP contribution is -2.37. The number of carbonyl (C=O) groups is 1. The Morgan fingerprint density at radius 2 is 1.96 bits per heavy atom. The first-order chi connectivity index (χ1) is 12.4. The van der Waals surface area contributed by atoms with E-state index >= 15 is 0 Å². The van der Waals surface area contributed by atoms with Gasteiger partial charge < -0.3 is 19.7 Å². The fourth-order valence-electron chi connectivity index (χ4n) is 2.63. The highest BCUT2D eigenvalue weighted by Crippen LogP contribution is 2.27. The van der Waals surface area contributed by atoms with E-state index in [1.54, 1.807) is 19.2 Å². The number of hydrogen-bond donors (Lipinski definition) is 1. The van der Waals surface area contributed by atoms with Gasteiger partial charge in [-0.05, 0) is 50.8 Å². The van der Waals surface area contributed by atoms with Gasteiger partial charge in [0.25, 0.3) is 5.91 Å². The van der Waals surface area contributed by atoms with Crippen LogP contribution < -0.4 is 14.8 Å². The highest BCUT2D eigenvalue weighted by Gasteiger charge is 2.19. The summed E-state index contributed by atoms with van der Waals surface area (Å²) in [7, 11) is 5.58. The van der Waals surface area contributed by atoms with Crippen molar-refractivity contribution in [2.75, 3.05) is 34.4 Å². The highest BCUT2D eigenvalue weighted by molar-refractivity contribution is 6.31. The molecule has 0 aliphatic carbocycles. The van der Waals surface area contributed by atoms with E-state index in [1.165, 1.54) is 0 Å². The molecule has 140 valence electrons. The molecule has 0 aromatic heterocycles. The van der Waals surface area contributed by atoms with Gasteiger partial charge >= 0.3 is 0 Å². The first-order valence-corrected chi connectivity index (χ1v) is 8.75. The van der Waals surface area contributed by atoms with Crippen molar-refractivity contribution in [2.24, 2.45) is 0 Å². The summed E-state index contributed by atoms with van der Waals surface area (Å²) in [6.07, 6.45) is 0. The molecule has 2 aromatic carbocycles. The van der Waals surface area contributed by atoms with Crippen LogP contribution in [0.1, 0.15) is 17.2 Å². The van der Waals surface area contributed by atoms with E-state index in [0.29, 0.717) is 17.3 Å². The third kappa shape index (κ3) is 5.38. The number of ether oxygens (including phenoxy) is 2. The summed E-state index contributed by atoms with van der Waals surface area (Å²) in [4.78, 5) is 14.2. The van der Waals surface area contributed by atoms with E-state index in [-0.39, 0.29) is 18.6 Å². The summed E-state index contributed by atoms with van der Waals surface area (Å²) in [5, 5.41) is 3.60. The number of para-hydroxylation sites is 1. The molecule has 0 spiro atoms. The average molecular weight is 377 g/mol. The van der Waals surface area contributed by atoms with Crippen LogP contribution in [-0.2, 0) is 4.79 Å². The van der Waals surface area contributed by atoms with Crippen molar-refractivity contribution >= 4 is 17.5 Å². The van der Waals surface area contributed by atoms with Crippen molar-refractivity contribution in [1.29, 1.82) is 0 Å². The predicted molar refractivity (Wildman–Crippen MR) is 104 cm³/mol. The first-order valence-electron chi connectivity index (χ1n) is 8.37. The molecule has 0 aliphatic heterocycles. The molecular weight excluding hydrogens is 352 g/mol. The molecule has 2 aromatic rings. The lowest BCUT2D eigenvalue weighted by Gasteiger charge is -2.26. The number of nitrogens with one attached hydrogen (secondary N) is 1. The molecule has 5 nitrogen and oxygen atoms in total. The molecule has 0 aliphatic rings. The molecule has 6 heteroatoms. The minimum atomic E-state index is -0.181. The number of halogens is 1. The zero-order valence-corrected chi connectivity index (χ0v) is 16.3. The van der Waals surface area contributed by atoms with Crippen LogP contribution in [0.25, 0.3) is 0 Å². The van der Waals surface area contributed by atoms with Crippen LogP contribution in [-0.4, -0.2) is 45.2 Å².